The number of anilines is 1. The van der Waals surface area contributed by atoms with Crippen molar-refractivity contribution in [3.63, 3.8) is 0 Å². The van der Waals surface area contributed by atoms with Crippen molar-refractivity contribution in [1.82, 2.24) is 0 Å². The molecule has 5 heteroatoms. The highest BCUT2D eigenvalue weighted by molar-refractivity contribution is 9.10. The highest BCUT2D eigenvalue weighted by atomic mass is 79.9. The van der Waals surface area contributed by atoms with Gasteiger partial charge in [0, 0.05) is 22.2 Å². The lowest BCUT2D eigenvalue weighted by Gasteiger charge is -2.15. The van der Waals surface area contributed by atoms with Crippen LogP contribution in [0.1, 0.15) is 24.5 Å². The van der Waals surface area contributed by atoms with Gasteiger partial charge in [-0.3, -0.25) is 4.79 Å². The van der Waals surface area contributed by atoms with E-state index in [9.17, 15) is 9.90 Å². The molecule has 0 unspecified atom stereocenters. The Bertz CT molecular complexity index is 829. The summed E-state index contributed by atoms with van der Waals surface area (Å²) < 4.78 is 5.87. The Kier molecular flexibility index (Phi) is 4.62. The first kappa shape index (κ1) is 16.6. The Hall–Kier alpha value is -2.27. The van der Waals surface area contributed by atoms with Crippen LogP contribution in [0.4, 0.5) is 5.69 Å². The third kappa shape index (κ3) is 2.80. The zero-order valence-electron chi connectivity index (χ0n) is 13.5. The van der Waals surface area contributed by atoms with Gasteiger partial charge in [0.2, 0.25) is 0 Å². The van der Waals surface area contributed by atoms with Gasteiger partial charge in [-0.1, -0.05) is 41.1 Å². The number of aromatic hydroxyl groups is 1. The number of ether oxygens (including phenoxy) is 1. The lowest BCUT2D eigenvalue weighted by Crippen LogP contribution is -2.26. The third-order valence-electron chi connectivity index (χ3n) is 4.01. The lowest BCUT2D eigenvalue weighted by atomic mass is 10.0. The van der Waals surface area contributed by atoms with Gasteiger partial charge in [-0.2, -0.15) is 0 Å². The maximum atomic E-state index is 12.9. The topological polar surface area (TPSA) is 49.8 Å². The standard InChI is InChI=1S/C19H18BrNO3/c1-3-8-21-16-7-5-4-6-13(16)14(19(21)23)9-12-10-18(24-2)17(22)11-15(12)20/h4-7,9-11,22H,3,8H2,1-2H3/b14-9-. The molecule has 2 aromatic rings. The van der Waals surface area contributed by atoms with Crippen molar-refractivity contribution in [2.45, 2.75) is 13.3 Å². The normalized spacial score (nSPS) is 15.0. The van der Waals surface area contributed by atoms with E-state index in [0.29, 0.717) is 22.3 Å². The van der Waals surface area contributed by atoms with E-state index in [4.69, 9.17) is 4.74 Å². The van der Waals surface area contributed by atoms with Crippen LogP contribution in [0.3, 0.4) is 0 Å². The molecule has 0 atom stereocenters. The number of phenols is 1. The monoisotopic (exact) mass is 387 g/mol. The molecule has 0 spiro atoms. The second kappa shape index (κ2) is 6.69. The molecule has 4 nitrogen and oxygen atoms in total. The first-order valence-electron chi connectivity index (χ1n) is 7.76. The van der Waals surface area contributed by atoms with E-state index in [1.165, 1.54) is 7.11 Å². The number of benzene rings is 2. The molecule has 0 saturated carbocycles. The summed E-state index contributed by atoms with van der Waals surface area (Å²) in [7, 11) is 1.50. The molecule has 1 N–H and O–H groups in total. The van der Waals surface area contributed by atoms with E-state index >= 15 is 0 Å². The molecule has 124 valence electrons. The predicted molar refractivity (Wildman–Crippen MR) is 99.3 cm³/mol. The minimum atomic E-state index is -0.00279. The van der Waals surface area contributed by atoms with Crippen molar-refractivity contribution in [3.8, 4) is 11.5 Å². The minimum Gasteiger partial charge on any atom is -0.504 e. The minimum absolute atomic E-state index is 0.00279. The number of carbonyl (C=O) groups excluding carboxylic acids is 1. The molecule has 1 amide bonds. The summed E-state index contributed by atoms with van der Waals surface area (Å²) in [6.45, 7) is 2.74. The molecule has 0 radical (unpaired) electrons. The summed E-state index contributed by atoms with van der Waals surface area (Å²) in [6, 6.07) is 11.1. The van der Waals surface area contributed by atoms with Crippen LogP contribution in [0, 0.1) is 0 Å². The average molecular weight is 388 g/mol. The smallest absolute Gasteiger partial charge is 0.258 e. The fourth-order valence-corrected chi connectivity index (χ4v) is 3.33. The molecule has 1 aliphatic heterocycles. The Morgan fingerprint density at radius 2 is 2.04 bits per heavy atom. The quantitative estimate of drug-likeness (QED) is 0.787. The van der Waals surface area contributed by atoms with E-state index < -0.39 is 0 Å². The number of fused-ring (bicyclic) bond motifs is 1. The van der Waals surface area contributed by atoms with Crippen LogP contribution >= 0.6 is 15.9 Å². The molecule has 1 heterocycles. The maximum absolute atomic E-state index is 12.9. The molecule has 2 aromatic carbocycles. The number of methoxy groups -OCH3 is 1. The molecule has 0 bridgehead atoms. The number of nitrogens with zero attached hydrogens (tertiary/aromatic N) is 1. The van der Waals surface area contributed by atoms with E-state index in [1.54, 1.807) is 12.1 Å². The van der Waals surface area contributed by atoms with Crippen LogP contribution in [0.15, 0.2) is 40.9 Å². The van der Waals surface area contributed by atoms with E-state index in [-0.39, 0.29) is 11.7 Å². The Balaban J connectivity index is 2.12. The molecule has 0 fully saturated rings. The highest BCUT2D eigenvalue weighted by Gasteiger charge is 2.31. The van der Waals surface area contributed by atoms with Crippen LogP contribution in [0.5, 0.6) is 11.5 Å². The van der Waals surface area contributed by atoms with Gasteiger partial charge in [-0.15, -0.1) is 0 Å². The average Bonchev–Trinajstić information content (AvgIpc) is 2.83. The second-order valence-corrected chi connectivity index (χ2v) is 6.43. The number of amides is 1. The van der Waals surface area contributed by atoms with Crippen molar-refractivity contribution >= 4 is 39.2 Å². The Morgan fingerprint density at radius 3 is 2.75 bits per heavy atom. The molecule has 0 aromatic heterocycles. The highest BCUT2D eigenvalue weighted by Crippen LogP contribution is 2.40. The molecule has 0 aliphatic carbocycles. The van der Waals surface area contributed by atoms with Crippen LogP contribution < -0.4 is 9.64 Å². The summed E-state index contributed by atoms with van der Waals surface area (Å²) >= 11 is 3.44. The van der Waals surface area contributed by atoms with Gasteiger partial charge in [-0.25, -0.2) is 0 Å². The van der Waals surface area contributed by atoms with Crippen molar-refractivity contribution in [1.29, 1.82) is 0 Å². The second-order valence-electron chi connectivity index (χ2n) is 5.58. The third-order valence-corrected chi connectivity index (χ3v) is 4.69. The summed E-state index contributed by atoms with van der Waals surface area (Å²) in [6.07, 6.45) is 2.73. The van der Waals surface area contributed by atoms with Crippen LogP contribution in [0.2, 0.25) is 0 Å². The van der Waals surface area contributed by atoms with Crippen molar-refractivity contribution in [2.24, 2.45) is 0 Å². The van der Waals surface area contributed by atoms with E-state index in [1.807, 2.05) is 35.2 Å². The number of hydrogen-bond acceptors (Lipinski definition) is 3. The number of phenolic OH excluding ortho intramolecular Hbond substituents is 1. The fraction of sp³-hybridized carbons (Fsp3) is 0.211. The number of hydrogen-bond donors (Lipinski definition) is 1. The number of halogens is 1. The number of carbonyl (C=O) groups is 1. The SMILES string of the molecule is CCCN1C(=O)/C(=C\c2cc(OC)c(O)cc2Br)c2ccccc21. The van der Waals surface area contributed by atoms with Gasteiger partial charge in [0.05, 0.1) is 12.8 Å². The van der Waals surface area contributed by atoms with Crippen LogP contribution in [-0.4, -0.2) is 24.7 Å². The number of rotatable bonds is 4. The lowest BCUT2D eigenvalue weighted by molar-refractivity contribution is -0.113. The van der Waals surface area contributed by atoms with Gasteiger partial charge in [0.1, 0.15) is 0 Å². The molecule has 3 rings (SSSR count). The molecule has 1 aliphatic rings. The van der Waals surface area contributed by atoms with Crippen molar-refractivity contribution in [3.05, 3.63) is 52.0 Å². The molecular weight excluding hydrogens is 370 g/mol. The summed E-state index contributed by atoms with van der Waals surface area (Å²) in [5, 5.41) is 9.85. The Morgan fingerprint density at radius 1 is 1.29 bits per heavy atom. The molecular formula is C19H18BrNO3. The van der Waals surface area contributed by atoms with Crippen LogP contribution in [-0.2, 0) is 4.79 Å². The number of para-hydroxylation sites is 1. The van der Waals surface area contributed by atoms with Gasteiger partial charge >= 0.3 is 0 Å². The summed E-state index contributed by atoms with van der Waals surface area (Å²) in [5.74, 6) is 0.420. The Labute approximate surface area is 149 Å². The van der Waals surface area contributed by atoms with Crippen molar-refractivity contribution in [2.75, 3.05) is 18.6 Å². The zero-order chi connectivity index (χ0) is 17.3. The van der Waals surface area contributed by atoms with Gasteiger partial charge < -0.3 is 14.7 Å². The van der Waals surface area contributed by atoms with Crippen molar-refractivity contribution < 1.29 is 14.6 Å². The fourth-order valence-electron chi connectivity index (χ4n) is 2.88. The first-order valence-corrected chi connectivity index (χ1v) is 8.55. The zero-order valence-corrected chi connectivity index (χ0v) is 15.1. The predicted octanol–water partition coefficient (Wildman–Crippen LogP) is 4.46. The summed E-state index contributed by atoms with van der Waals surface area (Å²) in [5.41, 5.74) is 3.29. The van der Waals surface area contributed by atoms with Gasteiger partial charge in [0.15, 0.2) is 11.5 Å². The van der Waals surface area contributed by atoms with E-state index in [2.05, 4.69) is 22.9 Å². The van der Waals surface area contributed by atoms with Gasteiger partial charge in [0.25, 0.3) is 5.91 Å². The van der Waals surface area contributed by atoms with Gasteiger partial charge in [-0.05, 0) is 36.3 Å². The maximum Gasteiger partial charge on any atom is 0.258 e. The first-order chi connectivity index (χ1) is 11.6. The van der Waals surface area contributed by atoms with E-state index in [0.717, 1.165) is 23.2 Å². The largest absolute Gasteiger partial charge is 0.504 e. The summed E-state index contributed by atoms with van der Waals surface area (Å²) in [4.78, 5) is 14.7. The molecule has 24 heavy (non-hydrogen) atoms. The molecule has 0 saturated heterocycles. The van der Waals surface area contributed by atoms with Crippen LogP contribution in [0.25, 0.3) is 11.6 Å².